The number of ether oxygens (including phenoxy) is 1. The lowest BCUT2D eigenvalue weighted by molar-refractivity contribution is -0.119. The SMILES string of the molecule is COc1ccc(I)cc1C(CCC=O)C(N)=O. The highest BCUT2D eigenvalue weighted by atomic mass is 127. The second kappa shape index (κ2) is 6.58. The molecule has 1 aromatic carbocycles. The van der Waals surface area contributed by atoms with Gasteiger partial charge in [0, 0.05) is 15.6 Å². The van der Waals surface area contributed by atoms with Gasteiger partial charge in [0.25, 0.3) is 0 Å². The molecular weight excluding hydrogens is 333 g/mol. The van der Waals surface area contributed by atoms with Crippen molar-refractivity contribution in [2.75, 3.05) is 7.11 Å². The first-order chi connectivity index (χ1) is 8.10. The number of carbonyl (C=O) groups excluding carboxylic acids is 2. The van der Waals surface area contributed by atoms with Crippen LogP contribution in [-0.4, -0.2) is 19.3 Å². The standard InChI is InChI=1S/C12H14INO3/c1-17-11-5-4-8(13)7-10(11)9(12(14)16)3-2-6-15/h4-7,9H,2-3H2,1H3,(H2,14,16). The van der Waals surface area contributed by atoms with Gasteiger partial charge >= 0.3 is 0 Å². The van der Waals surface area contributed by atoms with Crippen molar-refractivity contribution in [3.8, 4) is 5.75 Å². The quantitative estimate of drug-likeness (QED) is 0.631. The second-order valence-corrected chi connectivity index (χ2v) is 4.83. The first-order valence-corrected chi connectivity index (χ1v) is 6.24. The van der Waals surface area contributed by atoms with Crippen LogP contribution in [0, 0.1) is 3.57 Å². The molecule has 0 spiro atoms. The molecule has 0 bridgehead atoms. The summed E-state index contributed by atoms with van der Waals surface area (Å²) in [4.78, 5) is 21.8. The zero-order valence-electron chi connectivity index (χ0n) is 9.48. The van der Waals surface area contributed by atoms with Crippen molar-refractivity contribution in [3.05, 3.63) is 27.3 Å². The minimum absolute atomic E-state index is 0.308. The lowest BCUT2D eigenvalue weighted by Gasteiger charge is -2.16. The number of benzene rings is 1. The average molecular weight is 347 g/mol. The van der Waals surface area contributed by atoms with Crippen LogP contribution in [0.2, 0.25) is 0 Å². The lowest BCUT2D eigenvalue weighted by atomic mass is 9.93. The Balaban J connectivity index is 3.11. The number of carbonyl (C=O) groups is 2. The van der Waals surface area contributed by atoms with Gasteiger partial charge in [0.05, 0.1) is 13.0 Å². The molecule has 0 aliphatic carbocycles. The van der Waals surface area contributed by atoms with Crippen LogP contribution in [0.3, 0.4) is 0 Å². The maximum absolute atomic E-state index is 11.4. The summed E-state index contributed by atoms with van der Waals surface area (Å²) in [7, 11) is 1.55. The van der Waals surface area contributed by atoms with E-state index in [0.717, 1.165) is 15.4 Å². The first-order valence-electron chi connectivity index (χ1n) is 5.16. The summed E-state index contributed by atoms with van der Waals surface area (Å²) in [5, 5.41) is 0. The Bertz CT molecular complexity index is 420. The summed E-state index contributed by atoms with van der Waals surface area (Å²) in [6.07, 6.45) is 1.51. The summed E-state index contributed by atoms with van der Waals surface area (Å²) in [6.45, 7) is 0. The molecule has 17 heavy (non-hydrogen) atoms. The predicted molar refractivity (Wildman–Crippen MR) is 72.9 cm³/mol. The van der Waals surface area contributed by atoms with Gasteiger partial charge in [-0.25, -0.2) is 0 Å². The van der Waals surface area contributed by atoms with Gasteiger partial charge in [0.1, 0.15) is 12.0 Å². The van der Waals surface area contributed by atoms with E-state index in [-0.39, 0.29) is 0 Å². The molecular formula is C12H14INO3. The smallest absolute Gasteiger partial charge is 0.225 e. The van der Waals surface area contributed by atoms with Gasteiger partial charge < -0.3 is 15.3 Å². The fourth-order valence-corrected chi connectivity index (χ4v) is 2.18. The van der Waals surface area contributed by atoms with Gasteiger partial charge in [-0.1, -0.05) is 0 Å². The summed E-state index contributed by atoms with van der Waals surface area (Å²) in [5.74, 6) is -0.294. The molecule has 0 aliphatic heterocycles. The molecule has 92 valence electrons. The molecule has 0 saturated heterocycles. The average Bonchev–Trinajstić information content (AvgIpc) is 2.29. The third-order valence-electron chi connectivity index (χ3n) is 2.48. The third kappa shape index (κ3) is 3.69. The van der Waals surface area contributed by atoms with Gasteiger partial charge in [-0.3, -0.25) is 4.79 Å². The fraction of sp³-hybridized carbons (Fsp3) is 0.333. The van der Waals surface area contributed by atoms with Crippen molar-refractivity contribution in [2.45, 2.75) is 18.8 Å². The van der Waals surface area contributed by atoms with Crippen LogP contribution in [0.5, 0.6) is 5.75 Å². The Kier molecular flexibility index (Phi) is 5.40. The van der Waals surface area contributed by atoms with Gasteiger partial charge in [0.2, 0.25) is 5.91 Å². The number of amides is 1. The second-order valence-electron chi connectivity index (χ2n) is 3.59. The van der Waals surface area contributed by atoms with E-state index >= 15 is 0 Å². The zero-order valence-corrected chi connectivity index (χ0v) is 11.6. The largest absolute Gasteiger partial charge is 0.496 e. The summed E-state index contributed by atoms with van der Waals surface area (Å²) in [6, 6.07) is 5.55. The molecule has 0 aliphatic rings. The molecule has 0 saturated carbocycles. The molecule has 1 rings (SSSR count). The van der Waals surface area contributed by atoms with Gasteiger partial charge in [-0.15, -0.1) is 0 Å². The molecule has 5 heteroatoms. The van der Waals surface area contributed by atoms with Gasteiger partial charge in [-0.05, 0) is 47.2 Å². The lowest BCUT2D eigenvalue weighted by Crippen LogP contribution is -2.22. The monoisotopic (exact) mass is 347 g/mol. The Morgan fingerprint density at radius 2 is 2.29 bits per heavy atom. The number of rotatable bonds is 6. The van der Waals surface area contributed by atoms with E-state index in [4.69, 9.17) is 10.5 Å². The van der Waals surface area contributed by atoms with Crippen molar-refractivity contribution >= 4 is 34.8 Å². The Labute approximate surface area is 114 Å². The fourth-order valence-electron chi connectivity index (χ4n) is 1.66. The van der Waals surface area contributed by atoms with Crippen LogP contribution in [0.15, 0.2) is 18.2 Å². The van der Waals surface area contributed by atoms with E-state index < -0.39 is 11.8 Å². The molecule has 1 amide bonds. The highest BCUT2D eigenvalue weighted by Crippen LogP contribution is 2.31. The van der Waals surface area contributed by atoms with Crippen LogP contribution >= 0.6 is 22.6 Å². The summed E-state index contributed by atoms with van der Waals surface area (Å²) < 4.78 is 6.21. The number of primary amides is 1. The van der Waals surface area contributed by atoms with Crippen LogP contribution in [-0.2, 0) is 9.59 Å². The summed E-state index contributed by atoms with van der Waals surface area (Å²) >= 11 is 2.16. The van der Waals surface area contributed by atoms with Crippen molar-refractivity contribution in [2.24, 2.45) is 5.73 Å². The van der Waals surface area contributed by atoms with Crippen molar-refractivity contribution < 1.29 is 14.3 Å². The Morgan fingerprint density at radius 1 is 1.59 bits per heavy atom. The van der Waals surface area contributed by atoms with Crippen LogP contribution < -0.4 is 10.5 Å². The molecule has 0 fully saturated rings. The molecule has 0 aromatic heterocycles. The topological polar surface area (TPSA) is 69.4 Å². The number of halogens is 1. The number of nitrogens with two attached hydrogens (primary N) is 1. The zero-order chi connectivity index (χ0) is 12.8. The Hall–Kier alpha value is -1.11. The number of hydrogen-bond donors (Lipinski definition) is 1. The van der Waals surface area contributed by atoms with E-state index in [9.17, 15) is 9.59 Å². The maximum atomic E-state index is 11.4. The number of hydrogen-bond acceptors (Lipinski definition) is 3. The first kappa shape index (κ1) is 14.0. The third-order valence-corrected chi connectivity index (χ3v) is 3.15. The maximum Gasteiger partial charge on any atom is 0.225 e. The normalized spacial score (nSPS) is 11.9. The molecule has 4 nitrogen and oxygen atoms in total. The molecule has 0 radical (unpaired) electrons. The minimum Gasteiger partial charge on any atom is -0.496 e. The van der Waals surface area contributed by atoms with Crippen molar-refractivity contribution in [1.29, 1.82) is 0 Å². The molecule has 1 unspecified atom stereocenters. The highest BCUT2D eigenvalue weighted by Gasteiger charge is 2.21. The Morgan fingerprint density at radius 3 is 2.82 bits per heavy atom. The van der Waals surface area contributed by atoms with E-state index in [0.29, 0.717) is 18.6 Å². The minimum atomic E-state index is -0.482. The number of methoxy groups -OCH3 is 1. The molecule has 1 atom stereocenters. The van der Waals surface area contributed by atoms with Crippen molar-refractivity contribution in [3.63, 3.8) is 0 Å². The van der Waals surface area contributed by atoms with Crippen LogP contribution in [0.1, 0.15) is 24.3 Å². The van der Waals surface area contributed by atoms with Crippen LogP contribution in [0.25, 0.3) is 0 Å². The molecule has 1 aromatic rings. The van der Waals surface area contributed by atoms with Gasteiger partial charge in [0.15, 0.2) is 0 Å². The highest BCUT2D eigenvalue weighted by molar-refractivity contribution is 14.1. The van der Waals surface area contributed by atoms with Crippen molar-refractivity contribution in [1.82, 2.24) is 0 Å². The van der Waals surface area contributed by atoms with E-state index in [1.54, 1.807) is 13.2 Å². The predicted octanol–water partition coefficient (Wildman–Crippen LogP) is 1.85. The molecule has 2 N–H and O–H groups in total. The van der Waals surface area contributed by atoms with Gasteiger partial charge in [-0.2, -0.15) is 0 Å². The molecule has 0 heterocycles. The van der Waals surface area contributed by atoms with E-state index in [1.165, 1.54) is 0 Å². The number of aldehydes is 1. The van der Waals surface area contributed by atoms with Crippen LogP contribution in [0.4, 0.5) is 0 Å². The summed E-state index contributed by atoms with van der Waals surface area (Å²) in [5.41, 5.74) is 6.11. The van der Waals surface area contributed by atoms with E-state index in [1.807, 2.05) is 12.1 Å². The van der Waals surface area contributed by atoms with E-state index in [2.05, 4.69) is 22.6 Å².